The van der Waals surface area contributed by atoms with Crippen molar-refractivity contribution in [2.45, 2.75) is 88.6 Å². The number of carboxylic acids is 1. The predicted molar refractivity (Wildman–Crippen MR) is 160 cm³/mol. The van der Waals surface area contributed by atoms with Gasteiger partial charge in [0.1, 0.15) is 23.1 Å². The normalized spacial score (nSPS) is 24.9. The van der Waals surface area contributed by atoms with Gasteiger partial charge in [-0.25, -0.2) is 4.79 Å². The van der Waals surface area contributed by atoms with E-state index < -0.39 is 23.7 Å². The lowest BCUT2D eigenvalue weighted by molar-refractivity contribution is -0.166. The molecule has 10 nitrogen and oxygen atoms in total. The van der Waals surface area contributed by atoms with Crippen molar-refractivity contribution >= 4 is 17.8 Å². The van der Waals surface area contributed by atoms with Crippen LogP contribution in [0, 0.1) is 5.92 Å². The third-order valence-electron chi connectivity index (χ3n) is 9.41. The summed E-state index contributed by atoms with van der Waals surface area (Å²) in [6.07, 6.45) is 3.93. The Hall–Kier alpha value is -3.47. The molecule has 232 valence electrons. The average molecular weight is 594 g/mol. The monoisotopic (exact) mass is 593 g/mol. The molecule has 0 bridgehead atoms. The summed E-state index contributed by atoms with van der Waals surface area (Å²) in [4.78, 5) is 42.7. The first kappa shape index (κ1) is 31.0. The molecule has 1 spiro atoms. The van der Waals surface area contributed by atoms with E-state index in [9.17, 15) is 24.6 Å². The van der Waals surface area contributed by atoms with E-state index in [1.807, 2.05) is 24.3 Å². The second-order valence-corrected chi connectivity index (χ2v) is 12.2. The van der Waals surface area contributed by atoms with Crippen molar-refractivity contribution in [3.63, 3.8) is 0 Å². The number of carbonyl (C=O) groups is 3. The maximum atomic E-state index is 13.8. The Bertz CT molecular complexity index is 1270. The van der Waals surface area contributed by atoms with Crippen molar-refractivity contribution in [2.75, 3.05) is 19.6 Å². The number of carboxylic acid groups (broad SMARTS) is 1. The molecule has 3 aliphatic rings. The number of hydrogen-bond donors (Lipinski definition) is 4. The van der Waals surface area contributed by atoms with Gasteiger partial charge in [0.05, 0.1) is 17.8 Å². The fourth-order valence-electron chi connectivity index (χ4n) is 6.73. The highest BCUT2D eigenvalue weighted by molar-refractivity contribution is 6.00. The first-order valence-electron chi connectivity index (χ1n) is 15.5. The second kappa shape index (κ2) is 13.4. The molecule has 0 aromatic heterocycles. The zero-order valence-electron chi connectivity index (χ0n) is 24.8. The number of likely N-dealkylation sites (tertiary alicyclic amines) is 1. The van der Waals surface area contributed by atoms with Crippen molar-refractivity contribution in [1.82, 2.24) is 15.1 Å². The molecule has 10 heteroatoms. The molecule has 1 saturated carbocycles. The van der Waals surface area contributed by atoms with Crippen molar-refractivity contribution < 1.29 is 34.4 Å². The van der Waals surface area contributed by atoms with E-state index >= 15 is 0 Å². The third-order valence-corrected chi connectivity index (χ3v) is 9.41. The van der Waals surface area contributed by atoms with Crippen LogP contribution in [-0.2, 0) is 16.1 Å². The fraction of sp³-hybridized carbons (Fsp3) is 0.545. The molecule has 4 N–H and O–H groups in total. The summed E-state index contributed by atoms with van der Waals surface area (Å²) in [7, 11) is 0. The van der Waals surface area contributed by atoms with Crippen LogP contribution in [0.2, 0.25) is 0 Å². The number of hydrogen-bond acceptors (Lipinski definition) is 7. The quantitative estimate of drug-likeness (QED) is 0.328. The average Bonchev–Trinajstić information content (AvgIpc) is 3.01. The number of aliphatic hydroxyl groups is 2. The van der Waals surface area contributed by atoms with Crippen LogP contribution in [0.5, 0.6) is 11.5 Å². The minimum absolute atomic E-state index is 0.115. The Labute approximate surface area is 252 Å². The van der Waals surface area contributed by atoms with Gasteiger partial charge in [-0.15, -0.1) is 0 Å². The van der Waals surface area contributed by atoms with E-state index in [0.717, 1.165) is 18.4 Å². The summed E-state index contributed by atoms with van der Waals surface area (Å²) in [5.74, 6) is -0.248. The zero-order valence-corrected chi connectivity index (χ0v) is 24.8. The van der Waals surface area contributed by atoms with Crippen LogP contribution in [0.15, 0.2) is 48.5 Å². The van der Waals surface area contributed by atoms with Gasteiger partial charge in [0.15, 0.2) is 0 Å². The van der Waals surface area contributed by atoms with E-state index in [1.165, 1.54) is 12.1 Å². The largest absolute Gasteiger partial charge is 0.478 e. The standard InChI is InChI=1S/C33H43N3O7/c1-2-3-18-36-30(39)28(29(38)23-6-10-25(37)11-7-23)34-32(42)33(36)16-19-35(20-17-33)21-22-4-12-26(13-5-22)43-27-14-8-24(9-15-27)31(40)41/h4-5,8-9,12-15,23,25,28-29,37-38H,2-3,6-7,10-11,16-21H2,1H3,(H,34,42)(H,40,41)/t23?,25?,28-,29-/m1/s1. The van der Waals surface area contributed by atoms with Gasteiger partial charge < -0.3 is 30.3 Å². The topological polar surface area (TPSA) is 140 Å². The van der Waals surface area contributed by atoms with Gasteiger partial charge in [-0.2, -0.15) is 0 Å². The number of aliphatic hydroxyl groups excluding tert-OH is 2. The number of unbranched alkanes of at least 4 members (excludes halogenated alkanes) is 1. The van der Waals surface area contributed by atoms with Gasteiger partial charge >= 0.3 is 5.97 Å². The van der Waals surface area contributed by atoms with Crippen LogP contribution in [-0.4, -0.2) is 86.3 Å². The maximum absolute atomic E-state index is 13.8. The lowest BCUT2D eigenvalue weighted by atomic mass is 9.77. The maximum Gasteiger partial charge on any atom is 0.335 e. The van der Waals surface area contributed by atoms with Gasteiger partial charge in [-0.05, 0) is 92.8 Å². The van der Waals surface area contributed by atoms with Crippen LogP contribution >= 0.6 is 0 Å². The smallest absolute Gasteiger partial charge is 0.335 e. The Morgan fingerprint density at radius 2 is 1.60 bits per heavy atom. The highest BCUT2D eigenvalue weighted by atomic mass is 16.5. The first-order valence-corrected chi connectivity index (χ1v) is 15.5. The number of benzene rings is 2. The molecule has 1 aliphatic carbocycles. The number of carbonyl (C=O) groups excluding carboxylic acids is 2. The number of nitrogens with one attached hydrogen (secondary N) is 1. The lowest BCUT2D eigenvalue weighted by Crippen LogP contribution is -2.75. The molecule has 2 atom stereocenters. The predicted octanol–water partition coefficient (Wildman–Crippen LogP) is 3.55. The number of piperidine rings is 1. The van der Waals surface area contributed by atoms with Gasteiger partial charge in [0.2, 0.25) is 11.8 Å². The van der Waals surface area contributed by atoms with Crippen molar-refractivity contribution in [1.29, 1.82) is 0 Å². The first-order chi connectivity index (χ1) is 20.7. The SMILES string of the molecule is CCCCN1C(=O)[C@@H]([C@H](O)C2CCC(O)CC2)NC(=O)C12CCN(Cc1ccc(Oc3ccc(C(=O)O)cc3)cc1)CC2. The molecule has 2 heterocycles. The van der Waals surface area contributed by atoms with E-state index in [-0.39, 0.29) is 29.4 Å². The van der Waals surface area contributed by atoms with E-state index in [0.29, 0.717) is 76.2 Å². The number of piperazine rings is 1. The van der Waals surface area contributed by atoms with Gasteiger partial charge in [-0.1, -0.05) is 25.5 Å². The molecular weight excluding hydrogens is 550 g/mol. The van der Waals surface area contributed by atoms with Crippen molar-refractivity contribution in [2.24, 2.45) is 5.92 Å². The van der Waals surface area contributed by atoms with Crippen molar-refractivity contribution in [3.8, 4) is 11.5 Å². The third kappa shape index (κ3) is 6.87. The van der Waals surface area contributed by atoms with Crippen LogP contribution in [0.1, 0.15) is 74.2 Å². The summed E-state index contributed by atoms with van der Waals surface area (Å²) in [6, 6.07) is 13.1. The highest BCUT2D eigenvalue weighted by Crippen LogP contribution is 2.36. The zero-order chi connectivity index (χ0) is 30.6. The molecular formula is C33H43N3O7. The minimum Gasteiger partial charge on any atom is -0.478 e. The van der Waals surface area contributed by atoms with E-state index in [2.05, 4.69) is 17.1 Å². The van der Waals surface area contributed by atoms with Gasteiger partial charge in [0.25, 0.3) is 0 Å². The van der Waals surface area contributed by atoms with Crippen LogP contribution in [0.3, 0.4) is 0 Å². The van der Waals surface area contributed by atoms with Crippen LogP contribution < -0.4 is 10.1 Å². The number of nitrogens with zero attached hydrogens (tertiary/aromatic N) is 2. The Kier molecular flexibility index (Phi) is 9.68. The molecule has 2 saturated heterocycles. The molecule has 0 unspecified atom stereocenters. The van der Waals surface area contributed by atoms with Crippen LogP contribution in [0.4, 0.5) is 0 Å². The number of aromatic carboxylic acids is 1. The number of ether oxygens (including phenoxy) is 1. The molecule has 2 aliphatic heterocycles. The molecule has 0 radical (unpaired) electrons. The minimum atomic E-state index is -0.983. The summed E-state index contributed by atoms with van der Waals surface area (Å²) in [5, 5.41) is 33.0. The Morgan fingerprint density at radius 3 is 2.19 bits per heavy atom. The molecule has 3 fully saturated rings. The van der Waals surface area contributed by atoms with Crippen molar-refractivity contribution in [3.05, 3.63) is 59.7 Å². The van der Waals surface area contributed by atoms with Gasteiger partial charge in [0, 0.05) is 26.2 Å². The second-order valence-electron chi connectivity index (χ2n) is 12.2. The summed E-state index contributed by atoms with van der Waals surface area (Å²) >= 11 is 0. The Balaban J connectivity index is 1.20. The van der Waals surface area contributed by atoms with Gasteiger partial charge in [-0.3, -0.25) is 14.5 Å². The summed E-state index contributed by atoms with van der Waals surface area (Å²) < 4.78 is 5.85. The van der Waals surface area contributed by atoms with E-state index in [4.69, 9.17) is 9.84 Å². The highest BCUT2D eigenvalue weighted by Gasteiger charge is 2.55. The lowest BCUT2D eigenvalue weighted by Gasteiger charge is -2.52. The molecule has 43 heavy (non-hydrogen) atoms. The Morgan fingerprint density at radius 1 is 1.00 bits per heavy atom. The fourth-order valence-corrected chi connectivity index (χ4v) is 6.73. The molecule has 2 aromatic carbocycles. The number of rotatable bonds is 10. The molecule has 2 amide bonds. The number of amides is 2. The summed E-state index contributed by atoms with van der Waals surface area (Å²) in [5.41, 5.74) is 0.389. The van der Waals surface area contributed by atoms with E-state index in [1.54, 1.807) is 17.0 Å². The summed E-state index contributed by atoms with van der Waals surface area (Å²) in [6.45, 7) is 4.57. The molecule has 5 rings (SSSR count). The molecule has 2 aromatic rings. The van der Waals surface area contributed by atoms with Crippen LogP contribution in [0.25, 0.3) is 0 Å².